The number of hydrogen-bond donors (Lipinski definition) is 1. The molecule has 6 heteroatoms. The number of amides is 1. The maximum absolute atomic E-state index is 12.7. The highest BCUT2D eigenvalue weighted by molar-refractivity contribution is 6.30. The summed E-state index contributed by atoms with van der Waals surface area (Å²) in [4.78, 5) is 12.7. The number of carbonyl (C=O) groups is 1. The van der Waals surface area contributed by atoms with Gasteiger partial charge in [0.15, 0.2) is 0 Å². The zero-order valence-corrected chi connectivity index (χ0v) is 15.2. The van der Waals surface area contributed by atoms with Crippen LogP contribution >= 0.6 is 23.2 Å². The van der Waals surface area contributed by atoms with Gasteiger partial charge in [0.05, 0.1) is 23.1 Å². The Hall–Kier alpha value is -2.30. The Morgan fingerprint density at radius 1 is 1.04 bits per heavy atom. The standard InChI is InChI=1S/C19H17Cl2N3O/c1-2-3-18-17(19(25)23-15-8-4-13(20)5-9-15)12-22-24(18)16-10-6-14(21)7-11-16/h4-12H,2-3H2,1H3,(H,23,25). The molecule has 0 saturated heterocycles. The first-order valence-electron chi connectivity index (χ1n) is 7.98. The van der Waals surface area contributed by atoms with Crippen LogP contribution in [0.4, 0.5) is 5.69 Å². The van der Waals surface area contributed by atoms with Gasteiger partial charge in [0.1, 0.15) is 0 Å². The van der Waals surface area contributed by atoms with Crippen LogP contribution in [0.15, 0.2) is 54.7 Å². The monoisotopic (exact) mass is 373 g/mol. The summed E-state index contributed by atoms with van der Waals surface area (Å²) >= 11 is 11.8. The summed E-state index contributed by atoms with van der Waals surface area (Å²) in [7, 11) is 0. The lowest BCUT2D eigenvalue weighted by Gasteiger charge is -2.10. The van der Waals surface area contributed by atoms with E-state index in [2.05, 4.69) is 17.3 Å². The van der Waals surface area contributed by atoms with Crippen molar-refractivity contribution in [1.82, 2.24) is 9.78 Å². The molecule has 0 saturated carbocycles. The molecule has 2 aromatic carbocycles. The number of carbonyl (C=O) groups excluding carboxylic acids is 1. The largest absolute Gasteiger partial charge is 0.322 e. The van der Waals surface area contributed by atoms with Crippen LogP contribution in [0.25, 0.3) is 5.69 Å². The third kappa shape index (κ3) is 4.03. The molecule has 0 unspecified atom stereocenters. The topological polar surface area (TPSA) is 46.9 Å². The van der Waals surface area contributed by atoms with Gasteiger partial charge in [-0.2, -0.15) is 5.10 Å². The Balaban J connectivity index is 1.91. The smallest absolute Gasteiger partial charge is 0.259 e. The first kappa shape index (κ1) is 17.5. The molecule has 4 nitrogen and oxygen atoms in total. The van der Waals surface area contributed by atoms with Gasteiger partial charge in [0, 0.05) is 15.7 Å². The van der Waals surface area contributed by atoms with Crippen molar-refractivity contribution in [2.75, 3.05) is 5.32 Å². The average Bonchev–Trinajstić information content (AvgIpc) is 3.02. The molecule has 3 rings (SSSR count). The highest BCUT2D eigenvalue weighted by Crippen LogP contribution is 2.21. The first-order chi connectivity index (χ1) is 12.1. The summed E-state index contributed by atoms with van der Waals surface area (Å²) in [5.74, 6) is -0.189. The Morgan fingerprint density at radius 2 is 1.64 bits per heavy atom. The van der Waals surface area contributed by atoms with E-state index in [1.54, 1.807) is 35.1 Å². The van der Waals surface area contributed by atoms with Crippen molar-refractivity contribution >= 4 is 34.8 Å². The number of benzene rings is 2. The molecule has 1 heterocycles. The molecule has 0 radical (unpaired) electrons. The highest BCUT2D eigenvalue weighted by Gasteiger charge is 2.18. The van der Waals surface area contributed by atoms with Crippen molar-refractivity contribution in [3.05, 3.63) is 76.0 Å². The molecule has 128 valence electrons. The first-order valence-corrected chi connectivity index (χ1v) is 8.74. The van der Waals surface area contributed by atoms with Crippen LogP contribution in [-0.2, 0) is 6.42 Å². The fourth-order valence-electron chi connectivity index (χ4n) is 2.58. The second kappa shape index (κ2) is 7.72. The van der Waals surface area contributed by atoms with E-state index in [1.807, 2.05) is 24.3 Å². The van der Waals surface area contributed by atoms with Gasteiger partial charge in [-0.3, -0.25) is 4.79 Å². The zero-order valence-electron chi connectivity index (χ0n) is 13.7. The lowest BCUT2D eigenvalue weighted by Crippen LogP contribution is -2.14. The van der Waals surface area contributed by atoms with Crippen molar-refractivity contribution in [2.45, 2.75) is 19.8 Å². The number of rotatable bonds is 5. The molecule has 0 aliphatic heterocycles. The number of halogens is 2. The SMILES string of the molecule is CCCc1c(C(=O)Nc2ccc(Cl)cc2)cnn1-c1ccc(Cl)cc1. The number of nitrogens with one attached hydrogen (secondary N) is 1. The summed E-state index contributed by atoms with van der Waals surface area (Å²) in [5, 5.41) is 8.58. The van der Waals surface area contributed by atoms with Crippen molar-refractivity contribution < 1.29 is 4.79 Å². The molecule has 0 bridgehead atoms. The van der Waals surface area contributed by atoms with E-state index in [1.165, 1.54) is 0 Å². The quantitative estimate of drug-likeness (QED) is 0.651. The normalized spacial score (nSPS) is 10.7. The zero-order chi connectivity index (χ0) is 17.8. The molecule has 1 aromatic heterocycles. The minimum atomic E-state index is -0.189. The van der Waals surface area contributed by atoms with Gasteiger partial charge in [-0.25, -0.2) is 4.68 Å². The van der Waals surface area contributed by atoms with Gasteiger partial charge in [0.2, 0.25) is 0 Å². The molecule has 25 heavy (non-hydrogen) atoms. The van der Waals surface area contributed by atoms with Crippen LogP contribution in [0.5, 0.6) is 0 Å². The lowest BCUT2D eigenvalue weighted by molar-refractivity contribution is 0.102. The second-order valence-corrected chi connectivity index (χ2v) is 6.48. The molecular formula is C19H17Cl2N3O. The molecule has 3 aromatic rings. The van der Waals surface area contributed by atoms with Crippen molar-refractivity contribution in [3.8, 4) is 5.69 Å². The van der Waals surface area contributed by atoms with E-state index < -0.39 is 0 Å². The van der Waals surface area contributed by atoms with Crippen LogP contribution in [0, 0.1) is 0 Å². The molecule has 0 fully saturated rings. The van der Waals surface area contributed by atoms with Crippen LogP contribution in [0.2, 0.25) is 10.0 Å². The Bertz CT molecular complexity index is 871. The predicted molar refractivity (Wildman–Crippen MR) is 102 cm³/mol. The number of hydrogen-bond acceptors (Lipinski definition) is 2. The molecule has 1 N–H and O–H groups in total. The van der Waals surface area contributed by atoms with Crippen molar-refractivity contribution in [2.24, 2.45) is 0 Å². The van der Waals surface area contributed by atoms with Crippen molar-refractivity contribution in [3.63, 3.8) is 0 Å². The molecular weight excluding hydrogens is 357 g/mol. The highest BCUT2D eigenvalue weighted by atomic mass is 35.5. The molecule has 0 aliphatic carbocycles. The minimum Gasteiger partial charge on any atom is -0.322 e. The molecule has 0 aliphatic rings. The Kier molecular flexibility index (Phi) is 5.41. The maximum Gasteiger partial charge on any atom is 0.259 e. The van der Waals surface area contributed by atoms with Crippen molar-refractivity contribution in [1.29, 1.82) is 0 Å². The average molecular weight is 374 g/mol. The summed E-state index contributed by atoms with van der Waals surface area (Å²) < 4.78 is 1.79. The van der Waals surface area contributed by atoms with Crippen LogP contribution in [0.3, 0.4) is 0 Å². The second-order valence-electron chi connectivity index (χ2n) is 5.60. The van der Waals surface area contributed by atoms with E-state index in [0.717, 1.165) is 24.2 Å². The van der Waals surface area contributed by atoms with Gasteiger partial charge < -0.3 is 5.32 Å². The van der Waals surface area contributed by atoms with E-state index >= 15 is 0 Å². The fourth-order valence-corrected chi connectivity index (χ4v) is 2.83. The molecule has 0 atom stereocenters. The fraction of sp³-hybridized carbons (Fsp3) is 0.158. The van der Waals surface area contributed by atoms with Gasteiger partial charge in [-0.1, -0.05) is 36.5 Å². The van der Waals surface area contributed by atoms with E-state index in [0.29, 0.717) is 21.3 Å². The number of nitrogens with zero attached hydrogens (tertiary/aromatic N) is 2. The minimum absolute atomic E-state index is 0.189. The summed E-state index contributed by atoms with van der Waals surface area (Å²) in [6, 6.07) is 14.4. The van der Waals surface area contributed by atoms with Gasteiger partial charge in [-0.05, 0) is 55.0 Å². The van der Waals surface area contributed by atoms with E-state index in [-0.39, 0.29) is 5.91 Å². The Labute approximate surface area is 156 Å². The Morgan fingerprint density at radius 3 is 2.24 bits per heavy atom. The van der Waals surface area contributed by atoms with E-state index in [9.17, 15) is 4.79 Å². The summed E-state index contributed by atoms with van der Waals surface area (Å²) in [6.07, 6.45) is 3.25. The third-order valence-electron chi connectivity index (χ3n) is 3.77. The lowest BCUT2D eigenvalue weighted by atomic mass is 10.1. The van der Waals surface area contributed by atoms with Gasteiger partial charge in [-0.15, -0.1) is 0 Å². The van der Waals surface area contributed by atoms with Gasteiger partial charge in [0.25, 0.3) is 5.91 Å². The van der Waals surface area contributed by atoms with Crippen LogP contribution in [0.1, 0.15) is 29.4 Å². The van der Waals surface area contributed by atoms with Crippen LogP contribution < -0.4 is 5.32 Å². The summed E-state index contributed by atoms with van der Waals surface area (Å²) in [5.41, 5.74) is 3.00. The maximum atomic E-state index is 12.7. The number of aromatic nitrogens is 2. The summed E-state index contributed by atoms with van der Waals surface area (Å²) in [6.45, 7) is 2.07. The number of anilines is 1. The predicted octanol–water partition coefficient (Wildman–Crippen LogP) is 5.38. The molecule has 0 spiro atoms. The van der Waals surface area contributed by atoms with Crippen LogP contribution in [-0.4, -0.2) is 15.7 Å². The van der Waals surface area contributed by atoms with Gasteiger partial charge >= 0.3 is 0 Å². The third-order valence-corrected chi connectivity index (χ3v) is 4.28. The van der Waals surface area contributed by atoms with E-state index in [4.69, 9.17) is 23.2 Å². The molecule has 1 amide bonds.